The number of ether oxygens (including phenoxy) is 1. The smallest absolute Gasteiger partial charge is 0.170 e. The molecule has 0 aliphatic carbocycles. The highest BCUT2D eigenvalue weighted by molar-refractivity contribution is 6.30. The highest BCUT2D eigenvalue weighted by Crippen LogP contribution is 2.26. The number of rotatable bonds is 4. The van der Waals surface area contributed by atoms with Crippen molar-refractivity contribution in [2.75, 3.05) is 23.3 Å². The minimum absolute atomic E-state index is 0.0870. The van der Waals surface area contributed by atoms with Crippen LogP contribution < -0.4 is 10.2 Å². The largest absolute Gasteiger partial charge is 0.372 e. The topological polar surface area (TPSA) is 63.2 Å². The molecule has 4 rings (SSSR count). The van der Waals surface area contributed by atoms with Gasteiger partial charge in [0.2, 0.25) is 0 Å². The Hall–Kier alpha value is -2.77. The molecule has 29 heavy (non-hydrogen) atoms. The summed E-state index contributed by atoms with van der Waals surface area (Å²) < 4.78 is 20.2. The average molecular weight is 414 g/mol. The van der Waals surface area contributed by atoms with Gasteiger partial charge in [-0.05, 0) is 49.7 Å². The zero-order valence-electron chi connectivity index (χ0n) is 16.1. The van der Waals surface area contributed by atoms with Gasteiger partial charge >= 0.3 is 0 Å². The van der Waals surface area contributed by atoms with Crippen molar-refractivity contribution in [1.29, 1.82) is 0 Å². The summed E-state index contributed by atoms with van der Waals surface area (Å²) in [7, 11) is 0. The summed E-state index contributed by atoms with van der Waals surface area (Å²) >= 11 is 5.95. The van der Waals surface area contributed by atoms with Gasteiger partial charge in [0.25, 0.3) is 0 Å². The van der Waals surface area contributed by atoms with Crippen LogP contribution in [0.25, 0.3) is 11.1 Å². The molecule has 6 nitrogen and oxygen atoms in total. The highest BCUT2D eigenvalue weighted by atomic mass is 35.5. The number of benzene rings is 1. The van der Waals surface area contributed by atoms with Crippen molar-refractivity contribution in [3.05, 3.63) is 59.5 Å². The minimum atomic E-state index is -0.457. The molecule has 1 aromatic carbocycles. The maximum atomic E-state index is 14.4. The number of aromatic nitrogens is 3. The Kier molecular flexibility index (Phi) is 5.60. The summed E-state index contributed by atoms with van der Waals surface area (Å²) in [5.74, 6) is 0.751. The van der Waals surface area contributed by atoms with E-state index in [4.69, 9.17) is 16.3 Å². The molecule has 8 heteroatoms. The molecule has 0 unspecified atom stereocenters. The maximum absolute atomic E-state index is 14.4. The molecule has 1 fully saturated rings. The van der Waals surface area contributed by atoms with Gasteiger partial charge in [-0.25, -0.2) is 9.37 Å². The lowest BCUT2D eigenvalue weighted by atomic mass is 10.1. The first-order valence-electron chi connectivity index (χ1n) is 9.40. The number of nitrogens with zero attached hydrogens (tertiary/aromatic N) is 4. The zero-order valence-corrected chi connectivity index (χ0v) is 16.9. The Morgan fingerprint density at radius 1 is 1.07 bits per heavy atom. The van der Waals surface area contributed by atoms with Gasteiger partial charge in [0.05, 0.1) is 18.4 Å². The summed E-state index contributed by atoms with van der Waals surface area (Å²) in [5.41, 5.74) is 1.78. The Morgan fingerprint density at radius 3 is 2.52 bits per heavy atom. The summed E-state index contributed by atoms with van der Waals surface area (Å²) in [5, 5.41) is 11.7. The Labute approximate surface area is 173 Å². The third kappa shape index (κ3) is 4.63. The molecular formula is C21H21ClFN5O. The van der Waals surface area contributed by atoms with Crippen molar-refractivity contribution in [2.45, 2.75) is 26.1 Å². The van der Waals surface area contributed by atoms with E-state index in [1.54, 1.807) is 30.5 Å². The predicted octanol–water partition coefficient (Wildman–Crippen LogP) is 4.69. The van der Waals surface area contributed by atoms with Gasteiger partial charge in [0, 0.05) is 23.7 Å². The van der Waals surface area contributed by atoms with Gasteiger partial charge in [-0.3, -0.25) is 0 Å². The van der Waals surface area contributed by atoms with Gasteiger partial charge in [-0.15, -0.1) is 5.10 Å². The van der Waals surface area contributed by atoms with Crippen molar-refractivity contribution >= 4 is 29.1 Å². The predicted molar refractivity (Wildman–Crippen MR) is 112 cm³/mol. The summed E-state index contributed by atoms with van der Waals surface area (Å²) in [6.45, 7) is 5.44. The molecule has 0 amide bonds. The van der Waals surface area contributed by atoms with E-state index in [1.807, 2.05) is 26.0 Å². The number of morpholine rings is 1. The summed E-state index contributed by atoms with van der Waals surface area (Å²) in [6, 6.07) is 12.3. The second-order valence-electron chi connectivity index (χ2n) is 7.12. The maximum Gasteiger partial charge on any atom is 0.170 e. The number of hydrogen-bond acceptors (Lipinski definition) is 6. The average Bonchev–Trinajstić information content (AvgIpc) is 2.70. The number of anilines is 3. The molecule has 1 aliphatic heterocycles. The van der Waals surface area contributed by atoms with Crippen molar-refractivity contribution in [1.82, 2.24) is 15.2 Å². The SMILES string of the molecule is C[C@@H]1CN(c2ccc(F)c(Nc3cc(-c4ccc(Cl)cc4)cnn3)n2)C[C@H](C)O1. The molecule has 2 atom stereocenters. The summed E-state index contributed by atoms with van der Waals surface area (Å²) in [4.78, 5) is 6.57. The van der Waals surface area contributed by atoms with Crippen LogP contribution in [0.3, 0.4) is 0 Å². The first-order valence-corrected chi connectivity index (χ1v) is 9.78. The van der Waals surface area contributed by atoms with Crippen LogP contribution in [0, 0.1) is 5.82 Å². The quantitative estimate of drug-likeness (QED) is 0.669. The molecule has 2 aromatic heterocycles. The van der Waals surface area contributed by atoms with Crippen LogP contribution >= 0.6 is 11.6 Å². The number of halogens is 2. The van der Waals surface area contributed by atoms with Crippen LogP contribution in [0.1, 0.15) is 13.8 Å². The zero-order chi connectivity index (χ0) is 20.4. The van der Waals surface area contributed by atoms with Crippen molar-refractivity contribution in [3.8, 4) is 11.1 Å². The van der Waals surface area contributed by atoms with Gasteiger partial charge in [0.15, 0.2) is 17.5 Å². The van der Waals surface area contributed by atoms with E-state index in [2.05, 4.69) is 25.4 Å². The van der Waals surface area contributed by atoms with E-state index in [0.29, 0.717) is 29.7 Å². The fourth-order valence-corrected chi connectivity index (χ4v) is 3.54. The van der Waals surface area contributed by atoms with Crippen LogP contribution in [0.15, 0.2) is 48.7 Å². The van der Waals surface area contributed by atoms with E-state index in [1.165, 1.54) is 6.07 Å². The molecule has 0 saturated carbocycles. The van der Waals surface area contributed by atoms with Gasteiger partial charge in [-0.1, -0.05) is 23.7 Å². The molecule has 1 saturated heterocycles. The Bertz CT molecular complexity index is 991. The van der Waals surface area contributed by atoms with Gasteiger partial charge < -0.3 is 15.0 Å². The lowest BCUT2D eigenvalue weighted by Crippen LogP contribution is -2.45. The lowest BCUT2D eigenvalue weighted by Gasteiger charge is -2.36. The molecule has 0 radical (unpaired) electrons. The lowest BCUT2D eigenvalue weighted by molar-refractivity contribution is -0.00545. The fourth-order valence-electron chi connectivity index (χ4n) is 3.41. The standard InChI is InChI=1S/C21H21ClFN5O/c1-13-11-28(12-14(2)29-13)20-8-7-18(23)21(26-20)25-19-9-16(10-24-27-19)15-3-5-17(22)6-4-15/h3-10,13-14H,11-12H2,1-2H3,(H,25,26,27)/t13-,14+. The highest BCUT2D eigenvalue weighted by Gasteiger charge is 2.24. The van der Waals surface area contributed by atoms with Gasteiger partial charge in [-0.2, -0.15) is 5.10 Å². The number of pyridine rings is 1. The van der Waals surface area contributed by atoms with E-state index < -0.39 is 5.82 Å². The normalized spacial score (nSPS) is 19.2. The molecular weight excluding hydrogens is 393 g/mol. The monoisotopic (exact) mass is 413 g/mol. The summed E-state index contributed by atoms with van der Waals surface area (Å²) in [6.07, 6.45) is 1.82. The van der Waals surface area contributed by atoms with Crippen molar-refractivity contribution < 1.29 is 9.13 Å². The third-order valence-corrected chi connectivity index (χ3v) is 4.91. The van der Waals surface area contributed by atoms with Crippen LogP contribution in [-0.2, 0) is 4.74 Å². The second-order valence-corrected chi connectivity index (χ2v) is 7.56. The molecule has 3 heterocycles. The minimum Gasteiger partial charge on any atom is -0.372 e. The molecule has 1 aliphatic rings. The Morgan fingerprint density at radius 2 is 1.79 bits per heavy atom. The van der Waals surface area contributed by atoms with Crippen molar-refractivity contribution in [2.24, 2.45) is 0 Å². The molecule has 3 aromatic rings. The molecule has 1 N–H and O–H groups in total. The van der Waals surface area contributed by atoms with E-state index in [9.17, 15) is 4.39 Å². The van der Waals surface area contributed by atoms with E-state index in [-0.39, 0.29) is 18.0 Å². The van der Waals surface area contributed by atoms with Crippen LogP contribution in [0.2, 0.25) is 5.02 Å². The third-order valence-electron chi connectivity index (χ3n) is 4.65. The van der Waals surface area contributed by atoms with E-state index in [0.717, 1.165) is 11.1 Å². The molecule has 0 spiro atoms. The molecule has 150 valence electrons. The number of hydrogen-bond donors (Lipinski definition) is 1. The number of nitrogens with one attached hydrogen (secondary N) is 1. The second kappa shape index (κ2) is 8.31. The van der Waals surface area contributed by atoms with Gasteiger partial charge in [0.1, 0.15) is 5.82 Å². The van der Waals surface area contributed by atoms with Crippen molar-refractivity contribution in [3.63, 3.8) is 0 Å². The van der Waals surface area contributed by atoms with Crippen LogP contribution in [-0.4, -0.2) is 40.5 Å². The first-order chi connectivity index (χ1) is 14.0. The first kappa shape index (κ1) is 19.5. The van der Waals surface area contributed by atoms with Crippen LogP contribution in [0.5, 0.6) is 0 Å². The Balaban J connectivity index is 1.58. The molecule has 0 bridgehead atoms. The van der Waals surface area contributed by atoms with E-state index >= 15 is 0 Å². The van der Waals surface area contributed by atoms with Crippen LogP contribution in [0.4, 0.5) is 21.8 Å². The fraction of sp³-hybridized carbons (Fsp3) is 0.286.